The Hall–Kier alpha value is -3.93. The smallest absolute Gasteiger partial charge is 0.272 e. The number of amides is 2. The highest BCUT2D eigenvalue weighted by atomic mass is 35.5. The number of nitrogens with zero attached hydrogens (tertiary/aromatic N) is 4. The molecule has 0 spiro atoms. The van der Waals surface area contributed by atoms with Crippen molar-refractivity contribution in [3.63, 3.8) is 0 Å². The number of hydrogen-bond acceptors (Lipinski definition) is 5. The van der Waals surface area contributed by atoms with Crippen LogP contribution in [-0.4, -0.2) is 26.6 Å². The minimum Gasteiger partial charge on any atom is -0.333 e. The number of nitriles is 1. The molecule has 2 aromatic heterocycles. The predicted molar refractivity (Wildman–Crippen MR) is 130 cm³/mol. The topological polar surface area (TPSA) is 113 Å². The van der Waals surface area contributed by atoms with E-state index in [1.165, 1.54) is 23.0 Å². The van der Waals surface area contributed by atoms with Crippen LogP contribution in [0.3, 0.4) is 0 Å². The summed E-state index contributed by atoms with van der Waals surface area (Å²) in [6, 6.07) is 15.4. The summed E-state index contributed by atoms with van der Waals surface area (Å²) in [6.07, 6.45) is 3.23. The van der Waals surface area contributed by atoms with E-state index in [2.05, 4.69) is 20.7 Å². The first-order valence-electron chi connectivity index (χ1n) is 10.1. The van der Waals surface area contributed by atoms with Crippen molar-refractivity contribution in [2.45, 2.75) is 12.5 Å². The second-order valence-electron chi connectivity index (χ2n) is 7.72. The maximum absolute atomic E-state index is 13.7. The Morgan fingerprint density at radius 1 is 1.09 bits per heavy atom. The second kappa shape index (κ2) is 9.14. The molecule has 170 valence electrons. The average molecular weight is 493 g/mol. The van der Waals surface area contributed by atoms with Gasteiger partial charge in [-0.1, -0.05) is 53.5 Å². The first kappa shape index (κ1) is 23.2. The van der Waals surface area contributed by atoms with Gasteiger partial charge in [-0.05, 0) is 24.6 Å². The fourth-order valence-electron chi connectivity index (χ4n) is 3.50. The molecule has 2 aromatic carbocycles. The normalized spacial score (nSPS) is 12.6. The maximum Gasteiger partial charge on any atom is 0.272 e. The number of aromatic nitrogens is 3. The summed E-state index contributed by atoms with van der Waals surface area (Å²) in [5.74, 6) is -1.18. The van der Waals surface area contributed by atoms with Gasteiger partial charge in [0.25, 0.3) is 11.8 Å². The lowest BCUT2D eigenvalue weighted by atomic mass is 9.90. The summed E-state index contributed by atoms with van der Waals surface area (Å²) in [6.45, 7) is 1.55. The van der Waals surface area contributed by atoms with E-state index in [1.807, 2.05) is 30.3 Å². The lowest BCUT2D eigenvalue weighted by Gasteiger charge is -2.30. The fourth-order valence-corrected chi connectivity index (χ4v) is 3.80. The van der Waals surface area contributed by atoms with Gasteiger partial charge in [0.05, 0.1) is 21.9 Å². The van der Waals surface area contributed by atoms with Crippen molar-refractivity contribution in [1.29, 1.82) is 5.26 Å². The van der Waals surface area contributed by atoms with Crippen molar-refractivity contribution >= 4 is 51.5 Å². The zero-order chi connectivity index (χ0) is 24.5. The fraction of sp³-hybridized carbons (Fsp3) is 0.125. The Kier molecular flexibility index (Phi) is 6.24. The third kappa shape index (κ3) is 4.31. The number of hydrogen-bond donors (Lipinski definition) is 2. The lowest BCUT2D eigenvalue weighted by Crippen LogP contribution is -2.52. The highest BCUT2D eigenvalue weighted by Gasteiger charge is 2.38. The molecule has 0 saturated carbocycles. The van der Waals surface area contributed by atoms with E-state index in [0.29, 0.717) is 16.3 Å². The van der Waals surface area contributed by atoms with Gasteiger partial charge in [-0.3, -0.25) is 19.3 Å². The standard InChI is InChI=1S/C24H18Cl2N6O2/c1-24(15-7-8-18(25)19(26)9-15,30-22(33)20-10-16(11-27)32(2)31-20)23(34)29-21-13-28-12-14-5-3-4-6-17(14)21/h3-10,12-13H,1-2H3,(H,29,34)(H,30,33). The van der Waals surface area contributed by atoms with Gasteiger partial charge in [-0.25, -0.2) is 0 Å². The number of fused-ring (bicyclic) bond motifs is 1. The van der Waals surface area contributed by atoms with Gasteiger partial charge in [-0.2, -0.15) is 10.4 Å². The number of anilines is 1. The number of halogens is 2. The minimum atomic E-state index is -1.58. The summed E-state index contributed by atoms with van der Waals surface area (Å²) in [5.41, 5.74) is -0.504. The van der Waals surface area contributed by atoms with Crippen LogP contribution in [-0.2, 0) is 17.4 Å². The van der Waals surface area contributed by atoms with Gasteiger partial charge < -0.3 is 10.6 Å². The Bertz CT molecular complexity index is 1470. The van der Waals surface area contributed by atoms with Gasteiger partial charge in [0.15, 0.2) is 5.69 Å². The van der Waals surface area contributed by atoms with Crippen molar-refractivity contribution in [2.24, 2.45) is 7.05 Å². The molecule has 2 heterocycles. The van der Waals surface area contributed by atoms with Crippen LogP contribution in [0.15, 0.2) is 60.9 Å². The van der Waals surface area contributed by atoms with Crippen molar-refractivity contribution in [1.82, 2.24) is 20.1 Å². The van der Waals surface area contributed by atoms with E-state index >= 15 is 0 Å². The highest BCUT2D eigenvalue weighted by Crippen LogP contribution is 2.31. The largest absolute Gasteiger partial charge is 0.333 e. The summed E-state index contributed by atoms with van der Waals surface area (Å²) < 4.78 is 1.28. The monoisotopic (exact) mass is 492 g/mol. The van der Waals surface area contributed by atoms with Gasteiger partial charge in [0, 0.05) is 30.1 Å². The van der Waals surface area contributed by atoms with Gasteiger partial charge in [0.1, 0.15) is 17.3 Å². The molecule has 0 aliphatic carbocycles. The lowest BCUT2D eigenvalue weighted by molar-refractivity contribution is -0.121. The number of pyridine rings is 1. The van der Waals surface area contributed by atoms with E-state index in [1.54, 1.807) is 32.3 Å². The average Bonchev–Trinajstić information content (AvgIpc) is 3.21. The molecular formula is C24H18Cl2N6O2. The predicted octanol–water partition coefficient (Wildman–Crippen LogP) is 4.43. The maximum atomic E-state index is 13.7. The van der Waals surface area contributed by atoms with E-state index in [9.17, 15) is 14.9 Å². The van der Waals surface area contributed by atoms with E-state index in [-0.39, 0.29) is 16.4 Å². The molecule has 10 heteroatoms. The Balaban J connectivity index is 1.75. The summed E-state index contributed by atoms with van der Waals surface area (Å²) in [5, 5.41) is 21.0. The van der Waals surface area contributed by atoms with Crippen LogP contribution < -0.4 is 10.6 Å². The quantitative estimate of drug-likeness (QED) is 0.427. The van der Waals surface area contributed by atoms with Gasteiger partial charge >= 0.3 is 0 Å². The Labute approximate surface area is 205 Å². The molecule has 0 radical (unpaired) electrons. The number of benzene rings is 2. The first-order valence-corrected chi connectivity index (χ1v) is 10.8. The molecule has 4 aromatic rings. The number of carbonyl (C=O) groups excluding carboxylic acids is 2. The van der Waals surface area contributed by atoms with Crippen LogP contribution in [0, 0.1) is 11.3 Å². The van der Waals surface area contributed by atoms with E-state index < -0.39 is 17.4 Å². The molecule has 34 heavy (non-hydrogen) atoms. The molecule has 8 nitrogen and oxygen atoms in total. The number of carbonyl (C=O) groups is 2. The zero-order valence-corrected chi connectivity index (χ0v) is 19.6. The molecule has 0 aliphatic heterocycles. The van der Waals surface area contributed by atoms with Gasteiger partial charge in [0.2, 0.25) is 0 Å². The van der Waals surface area contributed by atoms with Crippen LogP contribution in [0.5, 0.6) is 0 Å². The van der Waals surface area contributed by atoms with Crippen LogP contribution in [0.1, 0.15) is 28.7 Å². The van der Waals surface area contributed by atoms with Crippen LogP contribution in [0.25, 0.3) is 10.8 Å². The molecule has 1 atom stereocenters. The molecule has 1 unspecified atom stereocenters. The third-order valence-electron chi connectivity index (χ3n) is 5.46. The van der Waals surface area contributed by atoms with Gasteiger partial charge in [-0.15, -0.1) is 0 Å². The van der Waals surface area contributed by atoms with Crippen LogP contribution in [0.4, 0.5) is 5.69 Å². The first-order chi connectivity index (χ1) is 16.2. The van der Waals surface area contributed by atoms with E-state index in [0.717, 1.165) is 10.8 Å². The van der Waals surface area contributed by atoms with E-state index in [4.69, 9.17) is 23.2 Å². The SMILES string of the molecule is Cn1nc(C(=O)NC(C)(C(=O)Nc2cncc3ccccc23)c2ccc(Cl)c(Cl)c2)cc1C#N. The van der Waals surface area contributed by atoms with Crippen molar-refractivity contribution in [2.75, 3.05) is 5.32 Å². The highest BCUT2D eigenvalue weighted by molar-refractivity contribution is 6.42. The van der Waals surface area contributed by atoms with Crippen molar-refractivity contribution < 1.29 is 9.59 Å². The zero-order valence-electron chi connectivity index (χ0n) is 18.1. The Morgan fingerprint density at radius 3 is 2.56 bits per heavy atom. The molecule has 0 aliphatic rings. The summed E-state index contributed by atoms with van der Waals surface area (Å²) in [7, 11) is 1.55. The molecule has 4 rings (SSSR count). The third-order valence-corrected chi connectivity index (χ3v) is 6.20. The Morgan fingerprint density at radius 2 is 1.85 bits per heavy atom. The summed E-state index contributed by atoms with van der Waals surface area (Å²) >= 11 is 12.3. The summed E-state index contributed by atoms with van der Waals surface area (Å²) in [4.78, 5) is 30.9. The molecule has 2 N–H and O–H groups in total. The second-order valence-corrected chi connectivity index (χ2v) is 8.53. The van der Waals surface area contributed by atoms with Crippen molar-refractivity contribution in [3.8, 4) is 6.07 Å². The van der Waals surface area contributed by atoms with Crippen LogP contribution in [0.2, 0.25) is 10.0 Å². The number of aryl methyl sites for hydroxylation is 1. The molecule has 0 bridgehead atoms. The van der Waals surface area contributed by atoms with Crippen LogP contribution >= 0.6 is 23.2 Å². The number of rotatable bonds is 5. The molecular weight excluding hydrogens is 475 g/mol. The number of nitrogens with one attached hydrogen (secondary N) is 2. The molecule has 2 amide bonds. The molecule has 0 saturated heterocycles. The minimum absolute atomic E-state index is 0.00929. The van der Waals surface area contributed by atoms with Crippen molar-refractivity contribution in [3.05, 3.63) is 87.9 Å². The molecule has 0 fully saturated rings.